The van der Waals surface area contributed by atoms with Crippen molar-refractivity contribution in [3.05, 3.63) is 0 Å². The molecule has 0 N–H and O–H groups in total. The molecule has 0 spiro atoms. The normalized spacial score (nSPS) is 29.4. The van der Waals surface area contributed by atoms with Gasteiger partial charge in [0.15, 0.2) is 0 Å². The van der Waals surface area contributed by atoms with Crippen LogP contribution in [0.1, 0.15) is 6.92 Å². The fourth-order valence-corrected chi connectivity index (χ4v) is 0.632. The molecule has 0 aromatic heterocycles. The van der Waals surface area contributed by atoms with Crippen molar-refractivity contribution < 1.29 is 0 Å². The number of rotatable bonds is 0. The Morgan fingerprint density at radius 2 is 2.43 bits per heavy atom. The highest BCUT2D eigenvalue weighted by atomic mass is 15.6. The summed E-state index contributed by atoms with van der Waals surface area (Å²) in [7, 11) is 1.92. The van der Waals surface area contributed by atoms with Gasteiger partial charge in [-0.25, -0.2) is 0 Å². The summed E-state index contributed by atoms with van der Waals surface area (Å²) in [5.41, 5.74) is 0. The van der Waals surface area contributed by atoms with Gasteiger partial charge in [-0.3, -0.25) is 5.01 Å². The average molecular weight is 99.1 g/mol. The molecule has 0 radical (unpaired) electrons. The van der Waals surface area contributed by atoms with Gasteiger partial charge in [0.05, 0.1) is 12.6 Å². The molecule has 1 rings (SSSR count). The lowest BCUT2D eigenvalue weighted by atomic mass is 10.4. The van der Waals surface area contributed by atoms with Crippen LogP contribution in [0.2, 0.25) is 0 Å². The van der Waals surface area contributed by atoms with E-state index in [1.165, 1.54) is 0 Å². The molecule has 0 saturated heterocycles. The van der Waals surface area contributed by atoms with Crippen LogP contribution in [0.4, 0.5) is 0 Å². The number of nitrogens with zero attached hydrogens (tertiary/aromatic N) is 3. The van der Waals surface area contributed by atoms with E-state index in [0.29, 0.717) is 6.04 Å². The van der Waals surface area contributed by atoms with Gasteiger partial charge in [0.1, 0.15) is 0 Å². The number of hydrogen-bond donors (Lipinski definition) is 0. The van der Waals surface area contributed by atoms with Gasteiger partial charge < -0.3 is 0 Å². The quantitative estimate of drug-likeness (QED) is 0.439. The first-order valence-electron chi connectivity index (χ1n) is 2.41. The van der Waals surface area contributed by atoms with Crippen LogP contribution in [0.5, 0.6) is 0 Å². The van der Waals surface area contributed by atoms with Gasteiger partial charge in [-0.1, -0.05) is 5.22 Å². The van der Waals surface area contributed by atoms with Crippen LogP contribution in [0.3, 0.4) is 0 Å². The third-order valence-electron chi connectivity index (χ3n) is 0.930. The predicted octanol–water partition coefficient (Wildman–Crippen LogP) is 0.688. The molecule has 0 amide bonds. The van der Waals surface area contributed by atoms with Crippen LogP contribution in [0, 0.1) is 0 Å². The summed E-state index contributed by atoms with van der Waals surface area (Å²) in [6.45, 7) is 3.02. The summed E-state index contributed by atoms with van der Waals surface area (Å²) in [4.78, 5) is 0. The van der Waals surface area contributed by atoms with Crippen molar-refractivity contribution in [2.75, 3.05) is 13.6 Å². The van der Waals surface area contributed by atoms with Crippen molar-refractivity contribution >= 4 is 0 Å². The molecule has 1 aliphatic rings. The Labute approximate surface area is 43.0 Å². The highest BCUT2D eigenvalue weighted by Crippen LogP contribution is 2.02. The summed E-state index contributed by atoms with van der Waals surface area (Å²) >= 11 is 0. The van der Waals surface area contributed by atoms with Crippen molar-refractivity contribution in [3.8, 4) is 0 Å². The second kappa shape index (κ2) is 1.48. The molecule has 0 aliphatic carbocycles. The molecule has 0 bridgehead atoms. The highest BCUT2D eigenvalue weighted by molar-refractivity contribution is 4.64. The molecule has 0 fully saturated rings. The van der Waals surface area contributed by atoms with Gasteiger partial charge in [0.2, 0.25) is 0 Å². The van der Waals surface area contributed by atoms with E-state index in [2.05, 4.69) is 10.3 Å². The molecule has 0 aromatic rings. The van der Waals surface area contributed by atoms with Crippen LogP contribution >= 0.6 is 0 Å². The van der Waals surface area contributed by atoms with Gasteiger partial charge in [-0.2, -0.15) is 5.11 Å². The van der Waals surface area contributed by atoms with Gasteiger partial charge in [-0.15, -0.1) is 0 Å². The summed E-state index contributed by atoms with van der Waals surface area (Å²) in [6, 6.07) is 0.407. The zero-order valence-corrected chi connectivity index (χ0v) is 4.63. The average Bonchev–Trinajstić information content (AvgIpc) is 1.87. The smallest absolute Gasteiger partial charge is 0.0893 e. The van der Waals surface area contributed by atoms with Crippen molar-refractivity contribution in [1.29, 1.82) is 0 Å². The Hall–Kier alpha value is -0.600. The van der Waals surface area contributed by atoms with E-state index in [9.17, 15) is 0 Å². The Morgan fingerprint density at radius 1 is 1.71 bits per heavy atom. The molecular weight excluding hydrogens is 90.1 g/mol. The lowest BCUT2D eigenvalue weighted by molar-refractivity contribution is 0.383. The Bertz CT molecular complexity index is 78.9. The fourth-order valence-electron chi connectivity index (χ4n) is 0.632. The maximum absolute atomic E-state index is 3.87. The lowest BCUT2D eigenvalue weighted by Gasteiger charge is -2.00. The first-order valence-corrected chi connectivity index (χ1v) is 2.41. The molecule has 0 saturated carbocycles. The molecule has 0 unspecified atom stereocenters. The van der Waals surface area contributed by atoms with Crippen molar-refractivity contribution in [2.24, 2.45) is 10.3 Å². The summed E-state index contributed by atoms with van der Waals surface area (Å²) in [5.74, 6) is 0. The van der Waals surface area contributed by atoms with E-state index in [-0.39, 0.29) is 0 Å². The highest BCUT2D eigenvalue weighted by Gasteiger charge is 2.08. The third-order valence-corrected chi connectivity index (χ3v) is 0.930. The molecule has 3 nitrogen and oxygen atoms in total. The fraction of sp³-hybridized carbons (Fsp3) is 1.00. The Balaban J connectivity index is 2.42. The summed E-state index contributed by atoms with van der Waals surface area (Å²) < 4.78 is 0. The zero-order valence-electron chi connectivity index (χ0n) is 4.63. The van der Waals surface area contributed by atoms with Crippen LogP contribution in [0.15, 0.2) is 10.3 Å². The van der Waals surface area contributed by atoms with Crippen molar-refractivity contribution in [1.82, 2.24) is 5.01 Å². The van der Waals surface area contributed by atoms with Gasteiger partial charge >= 0.3 is 0 Å². The number of likely N-dealkylation sites (N-methyl/N-ethyl adjacent to an activating group) is 1. The van der Waals surface area contributed by atoms with E-state index >= 15 is 0 Å². The molecular formula is C4H9N3. The molecule has 40 valence electrons. The first kappa shape index (κ1) is 4.56. The standard InChI is InChI=1S/C4H9N3/c1-4-3-7(2)6-5-4/h4H,3H2,1-2H3/t4-/m0/s1. The first-order chi connectivity index (χ1) is 3.29. The monoisotopic (exact) mass is 99.1 g/mol. The predicted molar refractivity (Wildman–Crippen MR) is 26.9 cm³/mol. The molecule has 1 aliphatic heterocycles. The van der Waals surface area contributed by atoms with Crippen molar-refractivity contribution in [3.63, 3.8) is 0 Å². The second-order valence-electron chi connectivity index (χ2n) is 1.89. The largest absolute Gasteiger partial charge is 0.280 e. The maximum atomic E-state index is 3.87. The molecule has 3 heteroatoms. The maximum Gasteiger partial charge on any atom is 0.0893 e. The second-order valence-corrected chi connectivity index (χ2v) is 1.89. The Kier molecular flexibility index (Phi) is 0.964. The topological polar surface area (TPSA) is 28.0 Å². The number of hydrogen-bond acceptors (Lipinski definition) is 3. The minimum absolute atomic E-state index is 0.407. The van der Waals surface area contributed by atoms with Crippen LogP contribution < -0.4 is 0 Å². The van der Waals surface area contributed by atoms with E-state index in [4.69, 9.17) is 0 Å². The minimum Gasteiger partial charge on any atom is -0.280 e. The summed E-state index contributed by atoms with van der Waals surface area (Å²) in [6.07, 6.45) is 0. The van der Waals surface area contributed by atoms with E-state index < -0.39 is 0 Å². The van der Waals surface area contributed by atoms with E-state index in [1.54, 1.807) is 0 Å². The van der Waals surface area contributed by atoms with E-state index in [1.807, 2.05) is 19.0 Å². The molecule has 0 aromatic carbocycles. The molecule has 1 heterocycles. The molecule has 1 atom stereocenters. The Morgan fingerprint density at radius 3 is 2.57 bits per heavy atom. The van der Waals surface area contributed by atoms with Crippen molar-refractivity contribution in [2.45, 2.75) is 13.0 Å². The minimum atomic E-state index is 0.407. The molecule has 7 heavy (non-hydrogen) atoms. The van der Waals surface area contributed by atoms with Crippen LogP contribution in [0.25, 0.3) is 0 Å². The van der Waals surface area contributed by atoms with E-state index in [0.717, 1.165) is 6.54 Å². The summed E-state index contributed by atoms with van der Waals surface area (Å²) in [5, 5.41) is 9.48. The van der Waals surface area contributed by atoms with Gasteiger partial charge in [0, 0.05) is 7.05 Å². The lowest BCUT2D eigenvalue weighted by Crippen LogP contribution is -2.13. The third kappa shape index (κ3) is 0.885. The van der Waals surface area contributed by atoms with Gasteiger partial charge in [0.25, 0.3) is 0 Å². The SMILES string of the molecule is C[C@H]1CN(C)N=N1. The van der Waals surface area contributed by atoms with Crippen LogP contribution in [-0.2, 0) is 0 Å². The zero-order chi connectivity index (χ0) is 5.28. The van der Waals surface area contributed by atoms with Gasteiger partial charge in [-0.05, 0) is 6.92 Å². The van der Waals surface area contributed by atoms with Crippen LogP contribution in [-0.4, -0.2) is 24.6 Å².